The van der Waals surface area contributed by atoms with Gasteiger partial charge in [-0.3, -0.25) is 4.98 Å². The number of nitrogens with one attached hydrogen (secondary N) is 1. The Morgan fingerprint density at radius 3 is 2.64 bits per heavy atom. The Hall–Kier alpha value is -2.64. The van der Waals surface area contributed by atoms with Gasteiger partial charge in [0.2, 0.25) is 0 Å². The van der Waals surface area contributed by atoms with Crippen LogP contribution in [-0.2, 0) is 11.3 Å². The Morgan fingerprint density at radius 2 is 1.92 bits per heavy atom. The maximum absolute atomic E-state index is 11.6. The molecule has 0 fully saturated rings. The Bertz CT molecular complexity index is 693. The lowest BCUT2D eigenvalue weighted by Gasteiger charge is -2.18. The fraction of sp³-hybridized carbons (Fsp3) is 0.333. The van der Waals surface area contributed by atoms with E-state index in [2.05, 4.69) is 10.3 Å². The van der Waals surface area contributed by atoms with Crippen LogP contribution in [0, 0.1) is 6.92 Å². The monoisotopic (exact) mass is 346 g/mol. The fourth-order valence-electron chi connectivity index (χ4n) is 2.22. The van der Waals surface area contributed by atoms with E-state index in [-0.39, 0.29) is 31.0 Å². The largest absolute Gasteiger partial charge is 0.506 e. The highest BCUT2D eigenvalue weighted by atomic mass is 16.5. The van der Waals surface area contributed by atoms with Crippen molar-refractivity contribution in [3.8, 4) is 5.75 Å². The quantitative estimate of drug-likeness (QED) is 0.608. The standard InChI is InChI=1S/C18H22N2O5/c1-12-7-8-14(21)16(20-12)17(23)15(22)9-10-19-18(24)25-11-13-5-3-2-4-6-13/h2-8,15,17,21-23H,9-11H2,1H3,(H,19,24). The molecule has 2 aromatic rings. The predicted octanol–water partition coefficient (Wildman–Crippen LogP) is 1.81. The number of aliphatic hydroxyl groups excluding tert-OH is 2. The van der Waals surface area contributed by atoms with Crippen molar-refractivity contribution in [2.75, 3.05) is 6.54 Å². The third kappa shape index (κ3) is 5.74. The van der Waals surface area contributed by atoms with Gasteiger partial charge in [0, 0.05) is 12.2 Å². The Kier molecular flexibility index (Phi) is 6.73. The maximum atomic E-state index is 11.6. The van der Waals surface area contributed by atoms with Crippen molar-refractivity contribution in [3.05, 3.63) is 59.4 Å². The Labute approximate surface area is 145 Å². The molecular formula is C18H22N2O5. The number of pyridine rings is 1. The maximum Gasteiger partial charge on any atom is 0.407 e. The minimum atomic E-state index is -1.35. The molecule has 7 nitrogen and oxygen atoms in total. The van der Waals surface area contributed by atoms with E-state index < -0.39 is 18.3 Å². The van der Waals surface area contributed by atoms with Gasteiger partial charge in [-0.15, -0.1) is 0 Å². The van der Waals surface area contributed by atoms with E-state index in [9.17, 15) is 20.1 Å². The SMILES string of the molecule is Cc1ccc(O)c(C(O)C(O)CCNC(=O)OCc2ccccc2)n1. The molecule has 0 bridgehead atoms. The van der Waals surface area contributed by atoms with Gasteiger partial charge < -0.3 is 25.4 Å². The Morgan fingerprint density at radius 1 is 1.20 bits per heavy atom. The van der Waals surface area contributed by atoms with Crippen LogP contribution in [0.15, 0.2) is 42.5 Å². The van der Waals surface area contributed by atoms with E-state index in [1.807, 2.05) is 30.3 Å². The number of aliphatic hydroxyl groups is 2. The number of aromatic nitrogens is 1. The number of nitrogens with zero attached hydrogens (tertiary/aromatic N) is 1. The highest BCUT2D eigenvalue weighted by Gasteiger charge is 2.23. The number of aromatic hydroxyl groups is 1. The van der Waals surface area contributed by atoms with Gasteiger partial charge in [0.15, 0.2) is 0 Å². The zero-order chi connectivity index (χ0) is 18.2. The number of hydrogen-bond donors (Lipinski definition) is 4. The first-order valence-electron chi connectivity index (χ1n) is 7.94. The second-order valence-corrected chi connectivity index (χ2v) is 5.65. The zero-order valence-corrected chi connectivity index (χ0v) is 13.9. The molecule has 2 rings (SSSR count). The summed E-state index contributed by atoms with van der Waals surface area (Å²) >= 11 is 0. The lowest BCUT2D eigenvalue weighted by atomic mass is 10.1. The van der Waals surface area contributed by atoms with Crippen molar-refractivity contribution in [2.45, 2.75) is 32.2 Å². The molecular weight excluding hydrogens is 324 g/mol. The summed E-state index contributed by atoms with van der Waals surface area (Å²) in [5.74, 6) is -0.188. The summed E-state index contributed by atoms with van der Waals surface area (Å²) in [4.78, 5) is 15.6. The van der Waals surface area contributed by atoms with E-state index in [1.54, 1.807) is 13.0 Å². The second-order valence-electron chi connectivity index (χ2n) is 5.65. The molecule has 0 spiro atoms. The molecule has 0 radical (unpaired) electrons. The first-order chi connectivity index (χ1) is 12.0. The highest BCUT2D eigenvalue weighted by molar-refractivity contribution is 5.67. The molecule has 4 N–H and O–H groups in total. The van der Waals surface area contributed by atoms with Crippen molar-refractivity contribution < 1.29 is 24.9 Å². The summed E-state index contributed by atoms with van der Waals surface area (Å²) in [6.45, 7) is 1.98. The molecule has 2 atom stereocenters. The van der Waals surface area contributed by atoms with Crippen LogP contribution in [0.25, 0.3) is 0 Å². The highest BCUT2D eigenvalue weighted by Crippen LogP contribution is 2.25. The van der Waals surface area contributed by atoms with Crippen LogP contribution < -0.4 is 5.32 Å². The third-order valence-corrected chi connectivity index (χ3v) is 3.61. The number of carbonyl (C=O) groups excluding carboxylic acids is 1. The topological polar surface area (TPSA) is 112 Å². The van der Waals surface area contributed by atoms with Crippen molar-refractivity contribution in [1.82, 2.24) is 10.3 Å². The molecule has 0 aliphatic carbocycles. The molecule has 1 amide bonds. The van der Waals surface area contributed by atoms with Gasteiger partial charge in [-0.05, 0) is 31.0 Å². The van der Waals surface area contributed by atoms with Crippen molar-refractivity contribution in [3.63, 3.8) is 0 Å². The van der Waals surface area contributed by atoms with Gasteiger partial charge in [-0.2, -0.15) is 0 Å². The van der Waals surface area contributed by atoms with Crippen LogP contribution >= 0.6 is 0 Å². The molecule has 1 aromatic heterocycles. The van der Waals surface area contributed by atoms with Gasteiger partial charge in [0.25, 0.3) is 0 Å². The molecule has 0 saturated carbocycles. The van der Waals surface area contributed by atoms with Crippen LogP contribution in [0.3, 0.4) is 0 Å². The number of benzene rings is 1. The van der Waals surface area contributed by atoms with Gasteiger partial charge in [-0.25, -0.2) is 4.79 Å². The third-order valence-electron chi connectivity index (χ3n) is 3.61. The lowest BCUT2D eigenvalue weighted by Crippen LogP contribution is -2.30. The van der Waals surface area contributed by atoms with Crippen LogP contribution in [0.5, 0.6) is 5.75 Å². The smallest absolute Gasteiger partial charge is 0.407 e. The summed E-state index contributed by atoms with van der Waals surface area (Å²) in [5, 5.41) is 32.3. The first-order valence-corrected chi connectivity index (χ1v) is 7.94. The number of rotatable bonds is 7. The molecule has 0 saturated heterocycles. The summed E-state index contributed by atoms with van der Waals surface area (Å²) in [7, 11) is 0. The minimum Gasteiger partial charge on any atom is -0.506 e. The van der Waals surface area contributed by atoms with Crippen molar-refractivity contribution in [2.24, 2.45) is 0 Å². The van der Waals surface area contributed by atoms with Gasteiger partial charge in [0.05, 0.1) is 6.10 Å². The average Bonchev–Trinajstić information content (AvgIpc) is 2.62. The van der Waals surface area contributed by atoms with E-state index in [0.29, 0.717) is 5.69 Å². The van der Waals surface area contributed by atoms with Crippen LogP contribution in [0.4, 0.5) is 4.79 Å². The molecule has 2 unspecified atom stereocenters. The van der Waals surface area contributed by atoms with E-state index in [1.165, 1.54) is 6.07 Å². The summed E-state index contributed by atoms with van der Waals surface area (Å²) < 4.78 is 5.04. The van der Waals surface area contributed by atoms with Crippen LogP contribution in [0.1, 0.15) is 29.5 Å². The molecule has 0 aliphatic rings. The summed E-state index contributed by atoms with van der Waals surface area (Å²) in [6, 6.07) is 12.3. The first kappa shape index (κ1) is 18.7. The van der Waals surface area contributed by atoms with Gasteiger partial charge in [0.1, 0.15) is 24.2 Å². The van der Waals surface area contributed by atoms with Gasteiger partial charge in [-0.1, -0.05) is 30.3 Å². The molecule has 1 aromatic carbocycles. The molecule has 25 heavy (non-hydrogen) atoms. The molecule has 134 valence electrons. The second kappa shape index (κ2) is 9.00. The van der Waals surface area contributed by atoms with Crippen LogP contribution in [0.2, 0.25) is 0 Å². The molecule has 1 heterocycles. The summed E-state index contributed by atoms with van der Waals surface area (Å²) in [5.41, 5.74) is 1.50. The number of hydrogen-bond acceptors (Lipinski definition) is 6. The normalized spacial score (nSPS) is 13.1. The zero-order valence-electron chi connectivity index (χ0n) is 13.9. The predicted molar refractivity (Wildman–Crippen MR) is 90.9 cm³/mol. The van der Waals surface area contributed by atoms with Gasteiger partial charge >= 0.3 is 6.09 Å². The number of aryl methyl sites for hydroxylation is 1. The van der Waals surface area contributed by atoms with E-state index in [0.717, 1.165) is 5.56 Å². The summed E-state index contributed by atoms with van der Waals surface area (Å²) in [6.07, 6.45) is -3.06. The molecule has 0 aliphatic heterocycles. The van der Waals surface area contributed by atoms with Crippen molar-refractivity contribution in [1.29, 1.82) is 0 Å². The van der Waals surface area contributed by atoms with E-state index >= 15 is 0 Å². The number of alkyl carbamates (subject to hydrolysis) is 1. The molecule has 7 heteroatoms. The fourth-order valence-corrected chi connectivity index (χ4v) is 2.22. The average molecular weight is 346 g/mol. The number of amides is 1. The number of carbonyl (C=O) groups is 1. The van der Waals surface area contributed by atoms with E-state index in [4.69, 9.17) is 4.74 Å². The van der Waals surface area contributed by atoms with Crippen molar-refractivity contribution >= 4 is 6.09 Å². The lowest BCUT2D eigenvalue weighted by molar-refractivity contribution is 0.00967. The minimum absolute atomic E-state index is 0.0131. The number of ether oxygens (including phenoxy) is 1. The van der Waals surface area contributed by atoms with Crippen LogP contribution in [-0.4, -0.2) is 39.0 Å². The Balaban J connectivity index is 1.75.